The molecule has 20 heavy (non-hydrogen) atoms. The molecule has 0 spiro atoms. The Balaban J connectivity index is 2.00. The van der Waals surface area contributed by atoms with Crippen molar-refractivity contribution in [3.8, 4) is 0 Å². The zero-order valence-corrected chi connectivity index (χ0v) is 12.9. The molecule has 1 fully saturated rings. The number of hydrogen-bond donors (Lipinski definition) is 1. The summed E-state index contributed by atoms with van der Waals surface area (Å²) < 4.78 is 5.70. The molecule has 0 aromatic carbocycles. The number of nitrogens with zero attached hydrogens (tertiary/aromatic N) is 3. The Kier molecular flexibility index (Phi) is 5.59. The highest BCUT2D eigenvalue weighted by molar-refractivity contribution is 5.49. The third-order valence-corrected chi connectivity index (χ3v) is 3.55. The molecule has 0 amide bonds. The van der Waals surface area contributed by atoms with E-state index in [-0.39, 0.29) is 0 Å². The second-order valence-corrected chi connectivity index (χ2v) is 5.23. The molecule has 5 nitrogen and oxygen atoms in total. The van der Waals surface area contributed by atoms with Gasteiger partial charge in [-0.25, -0.2) is 9.97 Å². The number of piperidine rings is 1. The standard InChI is InChI=1S/C15H26N4O/c1-4-8-16-14-11-15(18-12(3)17-14)19-9-6-13(7-10-19)20-5-2/h11,13H,4-10H2,1-3H3,(H,16,17,18). The summed E-state index contributed by atoms with van der Waals surface area (Å²) in [4.78, 5) is 11.3. The van der Waals surface area contributed by atoms with Crippen LogP contribution in [-0.4, -0.2) is 42.3 Å². The molecule has 2 heterocycles. The van der Waals surface area contributed by atoms with Crippen molar-refractivity contribution >= 4 is 11.6 Å². The Morgan fingerprint density at radius 1 is 1.30 bits per heavy atom. The largest absolute Gasteiger partial charge is 0.378 e. The van der Waals surface area contributed by atoms with Crippen LogP contribution in [0, 0.1) is 6.92 Å². The van der Waals surface area contributed by atoms with E-state index < -0.39 is 0 Å². The summed E-state index contributed by atoms with van der Waals surface area (Å²) in [6.45, 7) is 9.94. The van der Waals surface area contributed by atoms with Gasteiger partial charge in [0.05, 0.1) is 6.10 Å². The van der Waals surface area contributed by atoms with Crippen molar-refractivity contribution in [2.24, 2.45) is 0 Å². The molecule has 1 N–H and O–H groups in total. The number of aromatic nitrogens is 2. The first-order valence-electron chi connectivity index (χ1n) is 7.69. The minimum atomic E-state index is 0.414. The van der Waals surface area contributed by atoms with Gasteiger partial charge in [-0.15, -0.1) is 0 Å². The first-order chi connectivity index (χ1) is 9.72. The molecular weight excluding hydrogens is 252 g/mol. The molecule has 1 aromatic heterocycles. The van der Waals surface area contributed by atoms with Gasteiger partial charge in [0.15, 0.2) is 0 Å². The third-order valence-electron chi connectivity index (χ3n) is 3.55. The third kappa shape index (κ3) is 4.07. The van der Waals surface area contributed by atoms with Gasteiger partial charge in [-0.1, -0.05) is 6.92 Å². The van der Waals surface area contributed by atoms with E-state index in [0.29, 0.717) is 6.10 Å². The molecule has 1 aliphatic heterocycles. The number of ether oxygens (including phenoxy) is 1. The summed E-state index contributed by atoms with van der Waals surface area (Å²) in [7, 11) is 0. The normalized spacial score (nSPS) is 16.4. The Labute approximate surface area is 121 Å². The predicted molar refractivity (Wildman–Crippen MR) is 82.4 cm³/mol. The van der Waals surface area contributed by atoms with Crippen LogP contribution in [0.15, 0.2) is 6.07 Å². The fourth-order valence-corrected chi connectivity index (χ4v) is 2.54. The molecule has 1 aliphatic rings. The van der Waals surface area contributed by atoms with Gasteiger partial charge in [0.25, 0.3) is 0 Å². The monoisotopic (exact) mass is 278 g/mol. The molecule has 0 bridgehead atoms. The quantitative estimate of drug-likeness (QED) is 0.867. The summed E-state index contributed by atoms with van der Waals surface area (Å²) in [6, 6.07) is 2.06. The molecular formula is C15H26N4O. The second kappa shape index (κ2) is 7.43. The average molecular weight is 278 g/mol. The Morgan fingerprint density at radius 3 is 2.70 bits per heavy atom. The lowest BCUT2D eigenvalue weighted by molar-refractivity contribution is 0.0458. The lowest BCUT2D eigenvalue weighted by atomic mass is 10.1. The minimum absolute atomic E-state index is 0.414. The molecule has 112 valence electrons. The fourth-order valence-electron chi connectivity index (χ4n) is 2.54. The number of rotatable bonds is 6. The summed E-state index contributed by atoms with van der Waals surface area (Å²) in [5.74, 6) is 2.79. The lowest BCUT2D eigenvalue weighted by Gasteiger charge is -2.32. The summed E-state index contributed by atoms with van der Waals surface area (Å²) in [5, 5.41) is 3.34. The molecule has 0 saturated carbocycles. The first-order valence-corrected chi connectivity index (χ1v) is 7.69. The van der Waals surface area contributed by atoms with Crippen molar-refractivity contribution in [1.82, 2.24) is 9.97 Å². The topological polar surface area (TPSA) is 50.3 Å². The Bertz CT molecular complexity index is 416. The van der Waals surface area contributed by atoms with Gasteiger partial charge < -0.3 is 15.0 Å². The van der Waals surface area contributed by atoms with Crippen LogP contribution in [0.1, 0.15) is 38.9 Å². The Hall–Kier alpha value is -1.36. The highest BCUT2D eigenvalue weighted by Crippen LogP contribution is 2.21. The smallest absolute Gasteiger partial charge is 0.134 e. The van der Waals surface area contributed by atoms with Gasteiger partial charge in [0.2, 0.25) is 0 Å². The van der Waals surface area contributed by atoms with Crippen LogP contribution < -0.4 is 10.2 Å². The molecule has 0 aliphatic carbocycles. The molecule has 2 rings (SSSR count). The van der Waals surface area contributed by atoms with Crippen molar-refractivity contribution in [2.75, 3.05) is 36.5 Å². The number of aryl methyl sites for hydroxylation is 1. The zero-order chi connectivity index (χ0) is 14.4. The average Bonchev–Trinajstić information content (AvgIpc) is 2.46. The Morgan fingerprint density at radius 2 is 2.05 bits per heavy atom. The van der Waals surface area contributed by atoms with Crippen LogP contribution in [0.4, 0.5) is 11.6 Å². The maximum atomic E-state index is 5.70. The maximum Gasteiger partial charge on any atom is 0.134 e. The van der Waals surface area contributed by atoms with Crippen LogP contribution in [0.2, 0.25) is 0 Å². The van der Waals surface area contributed by atoms with Gasteiger partial charge in [0.1, 0.15) is 17.5 Å². The minimum Gasteiger partial charge on any atom is -0.378 e. The fraction of sp³-hybridized carbons (Fsp3) is 0.733. The molecule has 0 unspecified atom stereocenters. The zero-order valence-electron chi connectivity index (χ0n) is 12.9. The second-order valence-electron chi connectivity index (χ2n) is 5.23. The van der Waals surface area contributed by atoms with Crippen molar-refractivity contribution in [2.45, 2.75) is 46.1 Å². The summed E-state index contributed by atoms with van der Waals surface area (Å²) in [6.07, 6.45) is 3.67. The maximum absolute atomic E-state index is 5.70. The molecule has 1 aromatic rings. The van der Waals surface area contributed by atoms with Crippen LogP contribution in [0.25, 0.3) is 0 Å². The highest BCUT2D eigenvalue weighted by atomic mass is 16.5. The van der Waals surface area contributed by atoms with Gasteiger partial charge in [-0.05, 0) is 33.1 Å². The van der Waals surface area contributed by atoms with Crippen LogP contribution >= 0.6 is 0 Å². The number of hydrogen-bond acceptors (Lipinski definition) is 5. The van der Waals surface area contributed by atoms with E-state index in [1.807, 2.05) is 6.92 Å². The summed E-state index contributed by atoms with van der Waals surface area (Å²) in [5.41, 5.74) is 0. The van der Waals surface area contributed by atoms with E-state index in [2.05, 4.69) is 40.1 Å². The van der Waals surface area contributed by atoms with Gasteiger partial charge in [-0.2, -0.15) is 0 Å². The molecule has 0 atom stereocenters. The lowest BCUT2D eigenvalue weighted by Crippen LogP contribution is -2.37. The number of nitrogens with one attached hydrogen (secondary N) is 1. The van der Waals surface area contributed by atoms with E-state index in [1.54, 1.807) is 0 Å². The van der Waals surface area contributed by atoms with Gasteiger partial charge >= 0.3 is 0 Å². The van der Waals surface area contributed by atoms with Crippen LogP contribution in [0.3, 0.4) is 0 Å². The van der Waals surface area contributed by atoms with E-state index >= 15 is 0 Å². The summed E-state index contributed by atoms with van der Waals surface area (Å²) >= 11 is 0. The SMILES string of the molecule is CCCNc1cc(N2CCC(OCC)CC2)nc(C)n1. The molecule has 0 radical (unpaired) electrons. The van der Waals surface area contributed by atoms with Crippen molar-refractivity contribution in [3.63, 3.8) is 0 Å². The van der Waals surface area contributed by atoms with Crippen LogP contribution in [0.5, 0.6) is 0 Å². The van der Waals surface area contributed by atoms with E-state index in [0.717, 1.165) is 63.0 Å². The first kappa shape index (κ1) is 15.0. The van der Waals surface area contributed by atoms with E-state index in [4.69, 9.17) is 4.74 Å². The van der Waals surface area contributed by atoms with Crippen molar-refractivity contribution in [1.29, 1.82) is 0 Å². The van der Waals surface area contributed by atoms with Crippen molar-refractivity contribution < 1.29 is 4.74 Å². The number of anilines is 2. The molecule has 5 heteroatoms. The van der Waals surface area contributed by atoms with Crippen LogP contribution in [-0.2, 0) is 4.74 Å². The van der Waals surface area contributed by atoms with Crippen molar-refractivity contribution in [3.05, 3.63) is 11.9 Å². The van der Waals surface area contributed by atoms with Gasteiger partial charge in [-0.3, -0.25) is 0 Å². The van der Waals surface area contributed by atoms with Gasteiger partial charge in [0, 0.05) is 32.3 Å². The predicted octanol–water partition coefficient (Wildman–Crippen LogP) is 2.61. The molecule has 1 saturated heterocycles. The van der Waals surface area contributed by atoms with E-state index in [1.165, 1.54) is 0 Å². The van der Waals surface area contributed by atoms with E-state index in [9.17, 15) is 0 Å². The highest BCUT2D eigenvalue weighted by Gasteiger charge is 2.20.